The third-order valence-electron chi connectivity index (χ3n) is 7.58. The molecule has 2 fully saturated rings. The number of hydrogen-bond donors (Lipinski definition) is 1. The van der Waals surface area contributed by atoms with Crippen LogP contribution in [-0.2, 0) is 11.2 Å². The number of nitrogens with one attached hydrogen (secondary N) is 1. The van der Waals surface area contributed by atoms with Crippen molar-refractivity contribution in [3.8, 4) is 11.3 Å². The summed E-state index contributed by atoms with van der Waals surface area (Å²) in [6.45, 7) is 7.70. The van der Waals surface area contributed by atoms with E-state index in [9.17, 15) is 9.59 Å². The minimum absolute atomic E-state index is 0.0882. The van der Waals surface area contributed by atoms with Gasteiger partial charge in [-0.05, 0) is 63.7 Å². The van der Waals surface area contributed by atoms with Gasteiger partial charge in [0.15, 0.2) is 5.76 Å². The molecule has 2 amide bonds. The maximum Gasteiger partial charge on any atom is 0.257 e. The summed E-state index contributed by atoms with van der Waals surface area (Å²) in [5.74, 6) is 0.369. The van der Waals surface area contributed by atoms with Crippen LogP contribution in [0.25, 0.3) is 11.3 Å². The van der Waals surface area contributed by atoms with Crippen molar-refractivity contribution >= 4 is 35.0 Å². The molecule has 1 saturated heterocycles. The average Bonchev–Trinajstić information content (AvgIpc) is 3.29. The predicted octanol–water partition coefficient (Wildman–Crippen LogP) is 5.59. The summed E-state index contributed by atoms with van der Waals surface area (Å²) in [6, 6.07) is 5.86. The monoisotopic (exact) mass is 534 g/mol. The Morgan fingerprint density at radius 1 is 1.14 bits per heavy atom. The molecule has 0 unspecified atom stereocenters. The van der Waals surface area contributed by atoms with Gasteiger partial charge in [0.1, 0.15) is 11.3 Å². The number of hydrogen-bond acceptors (Lipinski definition) is 5. The fourth-order valence-electron chi connectivity index (χ4n) is 5.54. The van der Waals surface area contributed by atoms with Crippen LogP contribution < -0.4 is 5.32 Å². The van der Waals surface area contributed by atoms with Gasteiger partial charge in [-0.1, -0.05) is 48.3 Å². The van der Waals surface area contributed by atoms with E-state index in [0.29, 0.717) is 58.1 Å². The van der Waals surface area contributed by atoms with Crippen molar-refractivity contribution in [2.75, 3.05) is 26.2 Å². The Bertz CT molecular complexity index is 1040. The van der Waals surface area contributed by atoms with Gasteiger partial charge in [0.2, 0.25) is 5.91 Å². The molecule has 9 heteroatoms. The molecule has 1 aliphatic heterocycles. The zero-order valence-corrected chi connectivity index (χ0v) is 22.7. The maximum atomic E-state index is 13.7. The molecule has 2 aromatic rings. The highest BCUT2D eigenvalue weighted by Crippen LogP contribution is 2.37. The molecule has 0 spiro atoms. The summed E-state index contributed by atoms with van der Waals surface area (Å²) in [5.41, 5.74) is 1.19. The summed E-state index contributed by atoms with van der Waals surface area (Å²) >= 11 is 13.0. The molecule has 196 valence electrons. The van der Waals surface area contributed by atoms with Gasteiger partial charge in [0.25, 0.3) is 5.91 Å². The first kappa shape index (κ1) is 27.0. The summed E-state index contributed by atoms with van der Waals surface area (Å²) in [6.07, 6.45) is 6.87. The van der Waals surface area contributed by atoms with Gasteiger partial charge in [0.05, 0.1) is 10.0 Å². The molecule has 36 heavy (non-hydrogen) atoms. The zero-order chi connectivity index (χ0) is 25.7. The molecule has 1 aromatic carbocycles. The van der Waals surface area contributed by atoms with E-state index in [4.69, 9.17) is 27.7 Å². The highest BCUT2D eigenvalue weighted by atomic mass is 35.5. The van der Waals surface area contributed by atoms with E-state index in [1.54, 1.807) is 18.2 Å². The second kappa shape index (κ2) is 12.4. The number of piperidine rings is 1. The molecule has 7 nitrogen and oxygen atoms in total. The fraction of sp³-hybridized carbons (Fsp3) is 0.593. The second-order valence-corrected chi connectivity index (χ2v) is 10.5. The van der Waals surface area contributed by atoms with Gasteiger partial charge < -0.3 is 19.6 Å². The lowest BCUT2D eigenvalue weighted by atomic mass is 9.89. The summed E-state index contributed by atoms with van der Waals surface area (Å²) < 4.78 is 5.70. The largest absolute Gasteiger partial charge is 0.360 e. The lowest BCUT2D eigenvalue weighted by Crippen LogP contribution is -2.44. The van der Waals surface area contributed by atoms with Crippen LogP contribution in [-0.4, -0.2) is 65.0 Å². The molecular formula is C27H36Cl2N4O3. The van der Waals surface area contributed by atoms with E-state index in [0.717, 1.165) is 58.2 Å². The van der Waals surface area contributed by atoms with Crippen molar-refractivity contribution in [1.82, 2.24) is 20.3 Å². The summed E-state index contributed by atoms with van der Waals surface area (Å²) in [4.78, 5) is 30.3. The molecule has 0 bridgehead atoms. The van der Waals surface area contributed by atoms with Crippen LogP contribution in [0.15, 0.2) is 22.7 Å². The third kappa shape index (κ3) is 6.06. The van der Waals surface area contributed by atoms with Gasteiger partial charge in [-0.25, -0.2) is 0 Å². The van der Waals surface area contributed by atoms with Crippen molar-refractivity contribution in [2.24, 2.45) is 0 Å². The van der Waals surface area contributed by atoms with Crippen LogP contribution >= 0.6 is 23.2 Å². The number of carbonyl (C=O) groups is 2. The lowest BCUT2D eigenvalue weighted by molar-refractivity contribution is -0.133. The summed E-state index contributed by atoms with van der Waals surface area (Å²) in [7, 11) is 0. The molecule has 4 rings (SSSR count). The van der Waals surface area contributed by atoms with E-state index in [-0.39, 0.29) is 17.9 Å². The molecule has 2 heterocycles. The number of carbonyl (C=O) groups excluding carboxylic acids is 2. The van der Waals surface area contributed by atoms with Gasteiger partial charge in [0, 0.05) is 43.6 Å². The number of nitrogens with zero attached hydrogens (tertiary/aromatic N) is 3. The normalized spacial score (nSPS) is 20.7. The molecule has 1 N–H and O–H groups in total. The minimum atomic E-state index is -0.228. The Balaban J connectivity index is 1.54. The number of aromatic nitrogens is 1. The predicted molar refractivity (Wildman–Crippen MR) is 143 cm³/mol. The Labute approximate surface area is 223 Å². The Kier molecular flexibility index (Phi) is 9.31. The van der Waals surface area contributed by atoms with Gasteiger partial charge in [-0.15, -0.1) is 0 Å². The van der Waals surface area contributed by atoms with Crippen molar-refractivity contribution in [3.63, 3.8) is 0 Å². The quantitative estimate of drug-likeness (QED) is 0.453. The van der Waals surface area contributed by atoms with Crippen LogP contribution in [0.2, 0.25) is 10.0 Å². The van der Waals surface area contributed by atoms with Crippen molar-refractivity contribution in [3.05, 3.63) is 39.6 Å². The highest BCUT2D eigenvalue weighted by Gasteiger charge is 2.31. The standard InChI is InChI=1S/C27H36Cl2N4O3/c1-3-32(4-2)19-13-11-18(12-14-19)30-27(35)25-22(15-17-33-16-6-5-10-23(33)34)36-31-26(25)24-20(28)8-7-9-21(24)29/h7-9,18-19H,3-6,10-17H2,1-2H3,(H,30,35). The zero-order valence-electron chi connectivity index (χ0n) is 21.2. The first-order valence-electron chi connectivity index (χ1n) is 13.2. The van der Waals surface area contributed by atoms with Crippen LogP contribution in [0.4, 0.5) is 0 Å². The lowest BCUT2D eigenvalue weighted by Gasteiger charge is -2.36. The SMILES string of the molecule is CCN(CC)C1CCC(NC(=O)c2c(-c3c(Cl)cccc3Cl)noc2CCN2CCCCC2=O)CC1. The van der Waals surface area contributed by atoms with Crippen LogP contribution in [0, 0.1) is 0 Å². The van der Waals surface area contributed by atoms with E-state index >= 15 is 0 Å². The fourth-order valence-corrected chi connectivity index (χ4v) is 6.12. The third-order valence-corrected chi connectivity index (χ3v) is 8.21. The smallest absolute Gasteiger partial charge is 0.257 e. The van der Waals surface area contributed by atoms with E-state index in [1.807, 2.05) is 4.90 Å². The van der Waals surface area contributed by atoms with Crippen molar-refractivity contribution in [2.45, 2.75) is 77.3 Å². The first-order valence-corrected chi connectivity index (χ1v) is 13.9. The number of halogens is 2. The Hall–Kier alpha value is -2.09. The number of amides is 2. The molecule has 1 aromatic heterocycles. The van der Waals surface area contributed by atoms with Gasteiger partial charge >= 0.3 is 0 Å². The number of benzene rings is 1. The van der Waals surface area contributed by atoms with Crippen LogP contribution in [0.1, 0.15) is 74.9 Å². The Morgan fingerprint density at radius 3 is 2.47 bits per heavy atom. The van der Waals surface area contributed by atoms with Crippen molar-refractivity contribution in [1.29, 1.82) is 0 Å². The van der Waals surface area contributed by atoms with Crippen molar-refractivity contribution < 1.29 is 14.1 Å². The second-order valence-electron chi connectivity index (χ2n) is 9.71. The van der Waals surface area contributed by atoms with E-state index in [1.165, 1.54) is 0 Å². The van der Waals surface area contributed by atoms with E-state index < -0.39 is 0 Å². The number of likely N-dealkylation sites (tertiary alicyclic amines) is 1. The Morgan fingerprint density at radius 2 is 1.83 bits per heavy atom. The summed E-state index contributed by atoms with van der Waals surface area (Å²) in [5, 5.41) is 8.29. The molecule has 1 saturated carbocycles. The molecule has 2 aliphatic rings. The van der Waals surface area contributed by atoms with Gasteiger partial charge in [-0.2, -0.15) is 0 Å². The molecule has 1 aliphatic carbocycles. The number of rotatable bonds is 9. The van der Waals surface area contributed by atoms with Crippen LogP contribution in [0.5, 0.6) is 0 Å². The molecular weight excluding hydrogens is 499 g/mol. The molecule has 0 radical (unpaired) electrons. The van der Waals surface area contributed by atoms with Crippen LogP contribution in [0.3, 0.4) is 0 Å². The minimum Gasteiger partial charge on any atom is -0.360 e. The van der Waals surface area contributed by atoms with Gasteiger partial charge in [-0.3, -0.25) is 9.59 Å². The molecule has 0 atom stereocenters. The maximum absolute atomic E-state index is 13.7. The average molecular weight is 536 g/mol. The van der Waals surface area contributed by atoms with E-state index in [2.05, 4.69) is 29.2 Å². The first-order chi connectivity index (χ1) is 17.4. The highest BCUT2D eigenvalue weighted by molar-refractivity contribution is 6.39. The topological polar surface area (TPSA) is 78.7 Å².